The van der Waals surface area contributed by atoms with Gasteiger partial charge in [0.25, 0.3) is 5.91 Å². The minimum atomic E-state index is -0.285. The summed E-state index contributed by atoms with van der Waals surface area (Å²) < 4.78 is 2.02. The molecule has 5 rings (SSSR count). The maximum atomic E-state index is 13.0. The normalized spacial score (nSPS) is 11.1. The fourth-order valence-corrected chi connectivity index (χ4v) is 3.83. The van der Waals surface area contributed by atoms with Crippen molar-refractivity contribution in [1.29, 1.82) is 0 Å². The van der Waals surface area contributed by atoms with Crippen molar-refractivity contribution in [3.05, 3.63) is 95.4 Å². The number of rotatable bonds is 6. The van der Waals surface area contributed by atoms with E-state index >= 15 is 0 Å². The molecule has 0 spiro atoms. The zero-order valence-corrected chi connectivity index (χ0v) is 18.5. The molecule has 0 aliphatic carbocycles. The smallest absolute Gasteiger partial charge is 0.275 e. The molecule has 164 valence electrons. The van der Waals surface area contributed by atoms with Crippen molar-refractivity contribution >= 4 is 22.9 Å². The quantitative estimate of drug-likeness (QED) is 0.395. The van der Waals surface area contributed by atoms with E-state index in [1.165, 1.54) is 11.1 Å². The van der Waals surface area contributed by atoms with Crippen LogP contribution in [0, 0.1) is 13.8 Å². The van der Waals surface area contributed by atoms with Gasteiger partial charge in [-0.15, -0.1) is 0 Å². The second-order valence-electron chi connectivity index (χ2n) is 8.07. The Balaban J connectivity index is 1.40. The Kier molecular flexibility index (Phi) is 5.44. The lowest BCUT2D eigenvalue weighted by Crippen LogP contribution is -2.17. The van der Waals surface area contributed by atoms with E-state index in [2.05, 4.69) is 51.5 Å². The van der Waals surface area contributed by atoms with E-state index < -0.39 is 0 Å². The molecule has 0 unspecified atom stereocenters. The van der Waals surface area contributed by atoms with E-state index in [-0.39, 0.29) is 5.91 Å². The van der Waals surface area contributed by atoms with E-state index in [4.69, 9.17) is 0 Å². The van der Waals surface area contributed by atoms with Gasteiger partial charge in [0.1, 0.15) is 5.69 Å². The topological polar surface area (TPSA) is 88.5 Å². The molecule has 0 aliphatic rings. The van der Waals surface area contributed by atoms with Crippen LogP contribution in [0.15, 0.2) is 72.9 Å². The molecule has 2 N–H and O–H groups in total. The molecule has 1 amide bonds. The van der Waals surface area contributed by atoms with Crippen LogP contribution in [0.4, 0.5) is 5.95 Å². The Morgan fingerprint density at radius 1 is 1.00 bits per heavy atom. The molecule has 0 radical (unpaired) electrons. The number of carbonyl (C=O) groups excluding carboxylic acids is 1. The van der Waals surface area contributed by atoms with Gasteiger partial charge in [-0.1, -0.05) is 30.3 Å². The highest BCUT2D eigenvalue weighted by Gasteiger charge is 2.17. The number of H-pyrrole nitrogens is 1. The maximum Gasteiger partial charge on any atom is 0.275 e. The number of para-hydroxylation sites is 2. The first-order chi connectivity index (χ1) is 16.1. The molecule has 0 saturated heterocycles. The van der Waals surface area contributed by atoms with Gasteiger partial charge >= 0.3 is 0 Å². The minimum Gasteiger partial charge on any atom is -0.310 e. The summed E-state index contributed by atoms with van der Waals surface area (Å²) in [6.45, 7) is 4.78. The lowest BCUT2D eigenvalue weighted by Gasteiger charge is -2.09. The summed E-state index contributed by atoms with van der Waals surface area (Å²) in [6.07, 6.45) is 2.51. The molecule has 2 aromatic carbocycles. The summed E-state index contributed by atoms with van der Waals surface area (Å²) >= 11 is 0. The standard InChI is InChI=1S/C26H24N6O/c1-17-10-11-19(15-18(17)2)22-16-23(31-30-22)25(33)29-26-28-21-8-3-4-9-24(21)32(26)14-12-20-7-5-6-13-27-20/h3-11,13,15-16H,12,14H2,1-2H3,(H,30,31)(H,28,29,33). The number of aryl methyl sites for hydroxylation is 4. The van der Waals surface area contributed by atoms with Crippen LogP contribution >= 0.6 is 0 Å². The van der Waals surface area contributed by atoms with Crippen LogP contribution in [-0.4, -0.2) is 30.6 Å². The lowest BCUT2D eigenvalue weighted by molar-refractivity contribution is 0.102. The number of pyridine rings is 1. The molecule has 0 aliphatic heterocycles. The number of fused-ring (bicyclic) bond motifs is 1. The fraction of sp³-hybridized carbons (Fsp3) is 0.154. The number of aromatic amines is 1. The van der Waals surface area contributed by atoms with Gasteiger partial charge in [-0.05, 0) is 61.4 Å². The number of amides is 1. The van der Waals surface area contributed by atoms with E-state index in [1.54, 1.807) is 12.3 Å². The molecular weight excluding hydrogens is 412 g/mol. The first-order valence-electron chi connectivity index (χ1n) is 10.9. The molecule has 0 bridgehead atoms. The van der Waals surface area contributed by atoms with Crippen molar-refractivity contribution in [3.63, 3.8) is 0 Å². The number of anilines is 1. The molecule has 7 heteroatoms. The molecule has 5 aromatic rings. The second kappa shape index (κ2) is 8.70. The molecule has 7 nitrogen and oxygen atoms in total. The largest absolute Gasteiger partial charge is 0.310 e. The van der Waals surface area contributed by atoms with Crippen molar-refractivity contribution < 1.29 is 4.79 Å². The van der Waals surface area contributed by atoms with E-state index in [0.717, 1.165) is 34.4 Å². The van der Waals surface area contributed by atoms with Gasteiger partial charge < -0.3 is 4.57 Å². The number of nitrogens with zero attached hydrogens (tertiary/aromatic N) is 4. The van der Waals surface area contributed by atoms with Crippen molar-refractivity contribution in [3.8, 4) is 11.3 Å². The number of nitrogens with one attached hydrogen (secondary N) is 2. The van der Waals surface area contributed by atoms with Gasteiger partial charge in [0, 0.05) is 30.4 Å². The number of carbonyl (C=O) groups is 1. The zero-order valence-electron chi connectivity index (χ0n) is 18.5. The third-order valence-electron chi connectivity index (χ3n) is 5.82. The van der Waals surface area contributed by atoms with Gasteiger partial charge in [-0.3, -0.25) is 20.2 Å². The molecule has 0 atom stereocenters. The van der Waals surface area contributed by atoms with Crippen LogP contribution in [0.2, 0.25) is 0 Å². The van der Waals surface area contributed by atoms with Gasteiger partial charge in [-0.25, -0.2) is 4.98 Å². The first-order valence-corrected chi connectivity index (χ1v) is 10.9. The summed E-state index contributed by atoms with van der Waals surface area (Å²) in [4.78, 5) is 22.1. The van der Waals surface area contributed by atoms with Crippen LogP contribution in [0.3, 0.4) is 0 Å². The number of benzene rings is 2. The summed E-state index contributed by atoms with van der Waals surface area (Å²) in [6, 6.07) is 21.6. The minimum absolute atomic E-state index is 0.285. The molecule has 3 heterocycles. The fourth-order valence-electron chi connectivity index (χ4n) is 3.83. The van der Waals surface area contributed by atoms with Crippen molar-refractivity contribution in [1.82, 2.24) is 24.7 Å². The van der Waals surface area contributed by atoms with Crippen LogP contribution < -0.4 is 5.32 Å². The Hall–Kier alpha value is -4.26. The van der Waals surface area contributed by atoms with E-state index in [9.17, 15) is 4.79 Å². The average molecular weight is 437 g/mol. The van der Waals surface area contributed by atoms with Crippen molar-refractivity contribution in [2.45, 2.75) is 26.8 Å². The number of hydrogen-bond acceptors (Lipinski definition) is 4. The van der Waals surface area contributed by atoms with Gasteiger partial charge in [-0.2, -0.15) is 5.10 Å². The SMILES string of the molecule is Cc1ccc(-c2cc(C(=O)Nc3nc4ccccc4n3CCc3ccccn3)[nH]n2)cc1C. The van der Waals surface area contributed by atoms with Crippen LogP contribution in [0.25, 0.3) is 22.3 Å². The van der Waals surface area contributed by atoms with Crippen LogP contribution in [0.5, 0.6) is 0 Å². The Labute approximate surface area is 191 Å². The molecule has 33 heavy (non-hydrogen) atoms. The van der Waals surface area contributed by atoms with Gasteiger partial charge in [0.15, 0.2) is 0 Å². The third-order valence-corrected chi connectivity index (χ3v) is 5.82. The second-order valence-corrected chi connectivity index (χ2v) is 8.07. The zero-order chi connectivity index (χ0) is 22.8. The molecular formula is C26H24N6O. The summed E-state index contributed by atoms with van der Waals surface area (Å²) in [5.41, 5.74) is 7.26. The summed E-state index contributed by atoms with van der Waals surface area (Å²) in [7, 11) is 0. The molecule has 3 aromatic heterocycles. The summed E-state index contributed by atoms with van der Waals surface area (Å²) in [5, 5.41) is 10.2. The highest BCUT2D eigenvalue weighted by atomic mass is 16.2. The first kappa shape index (κ1) is 20.6. The van der Waals surface area contributed by atoms with E-state index in [0.29, 0.717) is 18.2 Å². The maximum absolute atomic E-state index is 13.0. The highest BCUT2D eigenvalue weighted by Crippen LogP contribution is 2.23. The predicted octanol–water partition coefficient (Wildman–Crippen LogP) is 4.93. The highest BCUT2D eigenvalue weighted by molar-refractivity contribution is 6.03. The van der Waals surface area contributed by atoms with E-state index in [1.807, 2.05) is 53.1 Å². The van der Waals surface area contributed by atoms with Crippen molar-refractivity contribution in [2.75, 3.05) is 5.32 Å². The third kappa shape index (κ3) is 4.25. The van der Waals surface area contributed by atoms with Crippen molar-refractivity contribution in [2.24, 2.45) is 0 Å². The predicted molar refractivity (Wildman–Crippen MR) is 129 cm³/mol. The number of imidazole rings is 1. The Morgan fingerprint density at radius 3 is 2.67 bits per heavy atom. The average Bonchev–Trinajstić information content (AvgIpc) is 3.45. The van der Waals surface area contributed by atoms with Crippen LogP contribution in [0.1, 0.15) is 27.3 Å². The molecule has 0 saturated carbocycles. The Morgan fingerprint density at radius 2 is 1.85 bits per heavy atom. The van der Waals surface area contributed by atoms with Crippen LogP contribution in [-0.2, 0) is 13.0 Å². The van der Waals surface area contributed by atoms with Gasteiger partial charge in [0.05, 0.1) is 16.7 Å². The monoisotopic (exact) mass is 436 g/mol. The van der Waals surface area contributed by atoms with Gasteiger partial charge in [0.2, 0.25) is 5.95 Å². The number of aromatic nitrogens is 5. The summed E-state index contributed by atoms with van der Waals surface area (Å²) in [5.74, 6) is 0.214. The lowest BCUT2D eigenvalue weighted by atomic mass is 10.0. The number of hydrogen-bond donors (Lipinski definition) is 2. The Bertz CT molecular complexity index is 1430. The molecule has 0 fully saturated rings.